The molecule has 0 aliphatic heterocycles. The number of nitrogens with two attached hydrogens (primary N) is 3. The first-order chi connectivity index (χ1) is 20.6. The number of rotatable bonds is 12. The summed E-state index contributed by atoms with van der Waals surface area (Å²) in [5, 5.41) is 2.47. The van der Waals surface area contributed by atoms with Crippen LogP contribution in [0.4, 0.5) is 4.79 Å². The zero-order valence-electron chi connectivity index (χ0n) is 27.4. The van der Waals surface area contributed by atoms with Crippen molar-refractivity contribution in [2.24, 2.45) is 29.0 Å². The van der Waals surface area contributed by atoms with Crippen LogP contribution >= 0.6 is 24.8 Å². The summed E-state index contributed by atoms with van der Waals surface area (Å²) in [6.07, 6.45) is -0.727. The highest BCUT2D eigenvalue weighted by Crippen LogP contribution is 2.14. The second-order valence-electron chi connectivity index (χ2n) is 11.9. The Morgan fingerprint density at radius 2 is 1.09 bits per heavy atom. The van der Waals surface area contributed by atoms with E-state index in [1.165, 1.54) is 0 Å². The first kappa shape index (κ1) is 44.7. The summed E-state index contributed by atoms with van der Waals surface area (Å²) in [5.41, 5.74) is 17.0. The second-order valence-corrected chi connectivity index (χ2v) is 11.9. The molecular formula is C32H50Cl2N4O8. The molecule has 2 rings (SSSR count). The zero-order valence-corrected chi connectivity index (χ0v) is 29.0. The first-order valence-electron chi connectivity index (χ1n) is 14.3. The number of hydrogen-bond donors (Lipinski definition) is 4. The number of ether oxygens (including phenoxy) is 4. The van der Waals surface area contributed by atoms with Gasteiger partial charge in [0.25, 0.3) is 0 Å². The van der Waals surface area contributed by atoms with E-state index in [0.717, 1.165) is 11.1 Å². The third-order valence-electron chi connectivity index (χ3n) is 5.63. The summed E-state index contributed by atoms with van der Waals surface area (Å²) < 4.78 is 20.8. The third kappa shape index (κ3) is 19.2. The monoisotopic (exact) mass is 688 g/mol. The number of amides is 1. The van der Waals surface area contributed by atoms with Gasteiger partial charge in [-0.25, -0.2) is 4.79 Å². The average molecular weight is 690 g/mol. The van der Waals surface area contributed by atoms with Gasteiger partial charge in [0.05, 0.1) is 5.92 Å². The number of halogens is 2. The van der Waals surface area contributed by atoms with E-state index in [4.69, 9.17) is 36.1 Å². The Hall–Kier alpha value is -3.42. The van der Waals surface area contributed by atoms with Gasteiger partial charge in [0.1, 0.15) is 36.4 Å². The van der Waals surface area contributed by atoms with Gasteiger partial charge in [-0.3, -0.25) is 14.4 Å². The number of carbonyl (C=O) groups excluding carboxylic acids is 4. The van der Waals surface area contributed by atoms with Gasteiger partial charge in [0.15, 0.2) is 0 Å². The van der Waals surface area contributed by atoms with Crippen molar-refractivity contribution in [3.05, 3.63) is 71.8 Å². The van der Waals surface area contributed by atoms with Crippen LogP contribution in [0.1, 0.15) is 52.7 Å². The summed E-state index contributed by atoms with van der Waals surface area (Å²) in [5.74, 6) is -3.34. The zero-order chi connectivity index (χ0) is 33.3. The summed E-state index contributed by atoms with van der Waals surface area (Å²) >= 11 is 0. The molecule has 2 aromatic rings. The SMILES string of the molecule is CC(C)(C)OC(=O)NCC(C(=O)OCc1ccccc1)C(N)C(=O)OC(C)(C)C.Cl.Cl.NCC(CN)C(=O)OCc1ccccc1. The van der Waals surface area contributed by atoms with Crippen LogP contribution in [-0.4, -0.2) is 60.9 Å². The molecule has 0 saturated heterocycles. The molecule has 14 heteroatoms. The van der Waals surface area contributed by atoms with E-state index in [1.54, 1.807) is 53.7 Å². The predicted octanol–water partition coefficient (Wildman–Crippen LogP) is 3.65. The molecule has 0 aromatic heterocycles. The van der Waals surface area contributed by atoms with Crippen LogP contribution in [0.5, 0.6) is 0 Å². The van der Waals surface area contributed by atoms with Crippen molar-refractivity contribution in [1.29, 1.82) is 0 Å². The van der Waals surface area contributed by atoms with Crippen molar-refractivity contribution in [1.82, 2.24) is 5.32 Å². The minimum atomic E-state index is -1.31. The molecule has 260 valence electrons. The molecule has 2 unspecified atom stereocenters. The molecule has 12 nitrogen and oxygen atoms in total. The largest absolute Gasteiger partial charge is 0.461 e. The van der Waals surface area contributed by atoms with E-state index in [9.17, 15) is 19.2 Å². The van der Waals surface area contributed by atoms with Gasteiger partial charge in [-0.2, -0.15) is 0 Å². The molecule has 0 bridgehead atoms. The normalized spacial score (nSPS) is 12.0. The van der Waals surface area contributed by atoms with Crippen LogP contribution in [0.15, 0.2) is 60.7 Å². The van der Waals surface area contributed by atoms with Crippen LogP contribution in [0.3, 0.4) is 0 Å². The maximum absolute atomic E-state index is 12.6. The van der Waals surface area contributed by atoms with Crippen molar-refractivity contribution < 1.29 is 38.1 Å². The van der Waals surface area contributed by atoms with Gasteiger partial charge in [-0.1, -0.05) is 60.7 Å². The highest BCUT2D eigenvalue weighted by molar-refractivity contribution is 5.86. The van der Waals surface area contributed by atoms with E-state index >= 15 is 0 Å². The fourth-order valence-corrected chi connectivity index (χ4v) is 3.37. The van der Waals surface area contributed by atoms with Gasteiger partial charge < -0.3 is 41.5 Å². The van der Waals surface area contributed by atoms with Crippen molar-refractivity contribution in [3.63, 3.8) is 0 Å². The summed E-state index contributed by atoms with van der Waals surface area (Å²) in [7, 11) is 0. The molecule has 0 aliphatic rings. The third-order valence-corrected chi connectivity index (χ3v) is 5.63. The lowest BCUT2D eigenvalue weighted by Gasteiger charge is -2.26. The lowest BCUT2D eigenvalue weighted by molar-refractivity contribution is -0.164. The van der Waals surface area contributed by atoms with E-state index < -0.39 is 47.1 Å². The van der Waals surface area contributed by atoms with Gasteiger partial charge >= 0.3 is 24.0 Å². The Balaban J connectivity index is 0. The highest BCUT2D eigenvalue weighted by Gasteiger charge is 2.36. The lowest BCUT2D eigenvalue weighted by atomic mass is 10.00. The molecule has 2 atom stereocenters. The van der Waals surface area contributed by atoms with Crippen LogP contribution in [0.2, 0.25) is 0 Å². The van der Waals surface area contributed by atoms with Crippen LogP contribution < -0.4 is 22.5 Å². The quantitative estimate of drug-likeness (QED) is 0.188. The molecule has 0 heterocycles. The standard InChI is InChI=1S/C21H32N2O6.C11H16N2O2.2ClH/c1-20(2,3)28-18(25)16(22)15(12-23-19(26)29-21(4,5)6)17(24)27-13-14-10-8-7-9-11-14;12-6-10(7-13)11(14)15-8-9-4-2-1-3-5-9;;/h7-11,15-16H,12-13,22H2,1-6H3,(H,23,26);1-5,10H,6-8,12-13H2;2*1H. The number of carbonyl (C=O) groups is 4. The fraction of sp³-hybridized carbons (Fsp3) is 0.500. The van der Waals surface area contributed by atoms with Gasteiger partial charge in [0.2, 0.25) is 0 Å². The summed E-state index contributed by atoms with van der Waals surface area (Å²) in [6.45, 7) is 10.7. The number of esters is 3. The number of nitrogens with one attached hydrogen (secondary N) is 1. The highest BCUT2D eigenvalue weighted by atomic mass is 35.5. The van der Waals surface area contributed by atoms with E-state index in [-0.39, 0.29) is 63.6 Å². The molecule has 2 aromatic carbocycles. The molecule has 0 saturated carbocycles. The minimum Gasteiger partial charge on any atom is -0.461 e. The summed E-state index contributed by atoms with van der Waals surface area (Å²) in [4.78, 5) is 48.3. The number of hydrogen-bond acceptors (Lipinski definition) is 11. The molecule has 1 amide bonds. The van der Waals surface area contributed by atoms with Crippen molar-refractivity contribution in [2.75, 3.05) is 19.6 Å². The van der Waals surface area contributed by atoms with Crippen molar-refractivity contribution in [2.45, 2.75) is 72.0 Å². The molecule has 0 radical (unpaired) electrons. The fourth-order valence-electron chi connectivity index (χ4n) is 3.37. The van der Waals surface area contributed by atoms with Gasteiger partial charge in [-0.15, -0.1) is 24.8 Å². The smallest absolute Gasteiger partial charge is 0.407 e. The Bertz CT molecular complexity index is 1170. The predicted molar refractivity (Wildman–Crippen MR) is 180 cm³/mol. The second kappa shape index (κ2) is 22.2. The van der Waals surface area contributed by atoms with E-state index in [0.29, 0.717) is 0 Å². The Morgan fingerprint density at radius 1 is 0.674 bits per heavy atom. The Kier molecular flexibility index (Phi) is 21.5. The van der Waals surface area contributed by atoms with E-state index in [1.807, 2.05) is 48.5 Å². The maximum atomic E-state index is 12.6. The van der Waals surface area contributed by atoms with E-state index in [2.05, 4.69) is 5.32 Å². The minimum absolute atomic E-state index is 0. The van der Waals surface area contributed by atoms with Crippen LogP contribution in [0, 0.1) is 11.8 Å². The Morgan fingerprint density at radius 3 is 1.48 bits per heavy atom. The Labute approximate surface area is 284 Å². The molecule has 7 N–H and O–H groups in total. The molecule has 0 aliphatic carbocycles. The molecule has 0 fully saturated rings. The topological polar surface area (TPSA) is 195 Å². The van der Waals surface area contributed by atoms with Crippen molar-refractivity contribution >= 4 is 48.8 Å². The average Bonchev–Trinajstić information content (AvgIpc) is 2.95. The van der Waals surface area contributed by atoms with Crippen LogP contribution in [-0.2, 0) is 46.5 Å². The maximum Gasteiger partial charge on any atom is 0.407 e. The lowest BCUT2D eigenvalue weighted by Crippen LogP contribution is -2.50. The number of alkyl carbamates (subject to hydrolysis) is 1. The first-order valence-corrected chi connectivity index (χ1v) is 14.3. The molecule has 46 heavy (non-hydrogen) atoms. The molecule has 0 spiro atoms. The summed E-state index contributed by atoms with van der Waals surface area (Å²) in [6, 6.07) is 17.3. The van der Waals surface area contributed by atoms with Gasteiger partial charge in [-0.05, 0) is 52.7 Å². The number of benzene rings is 2. The van der Waals surface area contributed by atoms with Crippen molar-refractivity contribution in [3.8, 4) is 0 Å². The molecular weight excluding hydrogens is 639 g/mol. The van der Waals surface area contributed by atoms with Crippen LogP contribution in [0.25, 0.3) is 0 Å². The van der Waals surface area contributed by atoms with Gasteiger partial charge in [0, 0.05) is 19.6 Å².